The van der Waals surface area contributed by atoms with Gasteiger partial charge in [-0.2, -0.15) is 0 Å². The van der Waals surface area contributed by atoms with Gasteiger partial charge in [-0.05, 0) is 46.1 Å². The lowest BCUT2D eigenvalue weighted by atomic mass is 10.1. The van der Waals surface area contributed by atoms with Crippen molar-refractivity contribution in [1.82, 2.24) is 10.2 Å². The van der Waals surface area contributed by atoms with E-state index in [1.54, 1.807) is 0 Å². The fraction of sp³-hybridized carbons (Fsp3) is 0.923. The quantitative estimate of drug-likeness (QED) is 0.845. The van der Waals surface area contributed by atoms with Gasteiger partial charge in [0, 0.05) is 13.1 Å². The predicted octanol–water partition coefficient (Wildman–Crippen LogP) is 1.43. The molecule has 1 unspecified atom stereocenters. The molecule has 1 atom stereocenters. The van der Waals surface area contributed by atoms with Gasteiger partial charge in [-0.15, -0.1) is 12.4 Å². The second-order valence-corrected chi connectivity index (χ2v) is 6.04. The number of morpholine rings is 1. The van der Waals surface area contributed by atoms with Crippen molar-refractivity contribution in [1.29, 1.82) is 0 Å². The molecular weight excluding hydrogens is 252 g/mol. The number of ether oxygens (including phenoxy) is 1. The average Bonchev–Trinajstić information content (AvgIpc) is 2.98. The minimum absolute atomic E-state index is 0. The summed E-state index contributed by atoms with van der Waals surface area (Å²) in [5.41, 5.74) is -0.218. The summed E-state index contributed by atoms with van der Waals surface area (Å²) >= 11 is 0. The van der Waals surface area contributed by atoms with Crippen molar-refractivity contribution < 1.29 is 9.53 Å². The maximum atomic E-state index is 12.0. The summed E-state index contributed by atoms with van der Waals surface area (Å²) in [7, 11) is 0. The third-order valence-corrected chi connectivity index (χ3v) is 3.33. The Hall–Kier alpha value is -0.320. The highest BCUT2D eigenvalue weighted by Gasteiger charge is 2.33. The van der Waals surface area contributed by atoms with E-state index in [4.69, 9.17) is 4.74 Å². The number of carbonyl (C=O) groups is 1. The zero-order valence-corrected chi connectivity index (χ0v) is 12.4. The summed E-state index contributed by atoms with van der Waals surface area (Å²) in [6, 6.07) is 0. The number of halogens is 1. The molecule has 2 rings (SSSR count). The summed E-state index contributed by atoms with van der Waals surface area (Å²) < 4.78 is 5.79. The van der Waals surface area contributed by atoms with Crippen LogP contribution < -0.4 is 5.32 Å². The fourth-order valence-corrected chi connectivity index (χ4v) is 2.46. The number of carbonyl (C=O) groups excluding carboxylic acids is 1. The van der Waals surface area contributed by atoms with Crippen LogP contribution in [0.2, 0.25) is 0 Å². The molecule has 0 aromatic carbocycles. The number of rotatable bonds is 4. The molecule has 4 nitrogen and oxygen atoms in total. The Balaban J connectivity index is 0.00000162. The first-order chi connectivity index (χ1) is 7.96. The molecule has 1 amide bonds. The molecule has 2 fully saturated rings. The molecule has 1 saturated carbocycles. The normalized spacial score (nSPS) is 26.6. The van der Waals surface area contributed by atoms with Crippen LogP contribution in [0.5, 0.6) is 0 Å². The molecular formula is C13H25ClN2O2. The summed E-state index contributed by atoms with van der Waals surface area (Å²) in [4.78, 5) is 14.0. The lowest BCUT2D eigenvalue weighted by molar-refractivity contribution is -0.157. The molecule has 18 heavy (non-hydrogen) atoms. The Morgan fingerprint density at radius 3 is 2.67 bits per heavy atom. The lowest BCUT2D eigenvalue weighted by Crippen LogP contribution is -2.55. The SMILES string of the molecule is CC1CN(C(=O)CNCC2CC2)CC(C)(C)O1.Cl. The Kier molecular flexibility index (Phi) is 5.44. The van der Waals surface area contributed by atoms with Gasteiger partial charge >= 0.3 is 0 Å². The molecule has 0 aromatic heterocycles. The molecule has 1 aliphatic carbocycles. The zero-order valence-electron chi connectivity index (χ0n) is 11.6. The summed E-state index contributed by atoms with van der Waals surface area (Å²) in [5.74, 6) is 1.02. The molecule has 0 bridgehead atoms. The van der Waals surface area contributed by atoms with E-state index in [2.05, 4.69) is 5.32 Å². The first kappa shape index (κ1) is 15.7. The number of nitrogens with zero attached hydrogens (tertiary/aromatic N) is 1. The highest BCUT2D eigenvalue weighted by molar-refractivity contribution is 5.85. The summed E-state index contributed by atoms with van der Waals surface area (Å²) in [5, 5.41) is 3.25. The Morgan fingerprint density at radius 1 is 1.44 bits per heavy atom. The summed E-state index contributed by atoms with van der Waals surface area (Å²) in [6.07, 6.45) is 2.78. The van der Waals surface area contributed by atoms with Gasteiger partial charge in [0.1, 0.15) is 0 Å². The van der Waals surface area contributed by atoms with E-state index in [1.165, 1.54) is 12.8 Å². The van der Waals surface area contributed by atoms with Crippen molar-refractivity contribution in [3.05, 3.63) is 0 Å². The van der Waals surface area contributed by atoms with Crippen molar-refractivity contribution in [3.63, 3.8) is 0 Å². The van der Waals surface area contributed by atoms with Crippen LogP contribution in [0.4, 0.5) is 0 Å². The van der Waals surface area contributed by atoms with Crippen LogP contribution in [-0.2, 0) is 9.53 Å². The number of amides is 1. The van der Waals surface area contributed by atoms with Crippen LogP contribution in [0.15, 0.2) is 0 Å². The van der Waals surface area contributed by atoms with Crippen molar-refractivity contribution in [2.24, 2.45) is 5.92 Å². The van der Waals surface area contributed by atoms with Gasteiger partial charge in [0.2, 0.25) is 5.91 Å². The fourth-order valence-electron chi connectivity index (χ4n) is 2.46. The molecule has 106 valence electrons. The number of nitrogens with one attached hydrogen (secondary N) is 1. The third-order valence-electron chi connectivity index (χ3n) is 3.33. The Bertz CT molecular complexity index is 293. The zero-order chi connectivity index (χ0) is 12.5. The highest BCUT2D eigenvalue weighted by atomic mass is 35.5. The number of hydrogen-bond donors (Lipinski definition) is 1. The topological polar surface area (TPSA) is 41.6 Å². The molecule has 0 spiro atoms. The first-order valence-corrected chi connectivity index (χ1v) is 6.62. The van der Waals surface area contributed by atoms with E-state index in [0.717, 1.165) is 12.5 Å². The average molecular weight is 277 g/mol. The second-order valence-electron chi connectivity index (χ2n) is 6.04. The van der Waals surface area contributed by atoms with Crippen molar-refractivity contribution in [2.45, 2.75) is 45.3 Å². The summed E-state index contributed by atoms with van der Waals surface area (Å²) in [6.45, 7) is 8.99. The van der Waals surface area contributed by atoms with Crippen molar-refractivity contribution >= 4 is 18.3 Å². The van der Waals surface area contributed by atoms with Crippen molar-refractivity contribution in [2.75, 3.05) is 26.2 Å². The highest BCUT2D eigenvalue weighted by Crippen LogP contribution is 2.27. The van der Waals surface area contributed by atoms with Crippen LogP contribution >= 0.6 is 12.4 Å². The maximum Gasteiger partial charge on any atom is 0.236 e. The van der Waals surface area contributed by atoms with E-state index in [1.807, 2.05) is 25.7 Å². The van der Waals surface area contributed by atoms with Gasteiger partial charge < -0.3 is 15.0 Å². The van der Waals surface area contributed by atoms with Gasteiger partial charge in [0.25, 0.3) is 0 Å². The minimum atomic E-state index is -0.218. The van der Waals surface area contributed by atoms with Gasteiger partial charge in [0.15, 0.2) is 0 Å². The lowest BCUT2D eigenvalue weighted by Gasteiger charge is -2.41. The standard InChI is InChI=1S/C13H24N2O2.ClH/c1-10-8-15(9-13(2,3)17-10)12(16)7-14-6-11-4-5-11;/h10-11,14H,4-9H2,1-3H3;1H. The van der Waals surface area contributed by atoms with Crippen LogP contribution in [0.25, 0.3) is 0 Å². The molecule has 0 aromatic rings. The van der Waals surface area contributed by atoms with Gasteiger partial charge in [0.05, 0.1) is 18.2 Å². The molecule has 5 heteroatoms. The van der Waals surface area contributed by atoms with E-state index in [0.29, 0.717) is 19.6 Å². The van der Waals surface area contributed by atoms with Crippen LogP contribution in [0, 0.1) is 5.92 Å². The molecule has 1 heterocycles. The largest absolute Gasteiger partial charge is 0.369 e. The third kappa shape index (κ3) is 4.75. The molecule has 1 saturated heterocycles. The molecule has 2 aliphatic rings. The number of hydrogen-bond acceptors (Lipinski definition) is 3. The molecule has 0 radical (unpaired) electrons. The Labute approximate surface area is 116 Å². The van der Waals surface area contributed by atoms with E-state index in [9.17, 15) is 4.79 Å². The molecule has 1 N–H and O–H groups in total. The smallest absolute Gasteiger partial charge is 0.236 e. The van der Waals surface area contributed by atoms with E-state index < -0.39 is 0 Å². The van der Waals surface area contributed by atoms with E-state index in [-0.39, 0.29) is 30.0 Å². The van der Waals surface area contributed by atoms with Crippen LogP contribution in [-0.4, -0.2) is 48.7 Å². The first-order valence-electron chi connectivity index (χ1n) is 6.62. The minimum Gasteiger partial charge on any atom is -0.369 e. The predicted molar refractivity (Wildman–Crippen MR) is 74.0 cm³/mol. The van der Waals surface area contributed by atoms with Gasteiger partial charge in [-0.25, -0.2) is 0 Å². The monoisotopic (exact) mass is 276 g/mol. The van der Waals surface area contributed by atoms with Gasteiger partial charge in [-0.1, -0.05) is 0 Å². The maximum absolute atomic E-state index is 12.0. The van der Waals surface area contributed by atoms with Crippen molar-refractivity contribution in [3.8, 4) is 0 Å². The molecule has 1 aliphatic heterocycles. The van der Waals surface area contributed by atoms with Gasteiger partial charge in [-0.3, -0.25) is 4.79 Å². The van der Waals surface area contributed by atoms with Crippen LogP contribution in [0.3, 0.4) is 0 Å². The second kappa shape index (κ2) is 6.22. The van der Waals surface area contributed by atoms with Crippen LogP contribution in [0.1, 0.15) is 33.6 Å². The Morgan fingerprint density at radius 2 is 2.11 bits per heavy atom. The van der Waals surface area contributed by atoms with E-state index >= 15 is 0 Å².